The van der Waals surface area contributed by atoms with Crippen molar-refractivity contribution in [1.82, 2.24) is 10.2 Å². The number of anilines is 1. The van der Waals surface area contributed by atoms with E-state index in [0.717, 1.165) is 59.5 Å². The molecule has 2 amide bonds. The fourth-order valence-electron chi connectivity index (χ4n) is 4.73. The van der Waals surface area contributed by atoms with Crippen molar-refractivity contribution in [3.05, 3.63) is 77.4 Å². The van der Waals surface area contributed by atoms with E-state index in [4.69, 9.17) is 9.47 Å². The third kappa shape index (κ3) is 5.32. The molecule has 1 aliphatic heterocycles. The third-order valence-electron chi connectivity index (χ3n) is 7.13. The summed E-state index contributed by atoms with van der Waals surface area (Å²) in [5.41, 5.74) is 4.91. The molecular weight excluding hydrogens is 466 g/mol. The van der Waals surface area contributed by atoms with Crippen LogP contribution in [0.2, 0.25) is 0 Å². The van der Waals surface area contributed by atoms with E-state index in [0.29, 0.717) is 17.9 Å². The summed E-state index contributed by atoms with van der Waals surface area (Å²) in [6, 6.07) is 19.3. The van der Waals surface area contributed by atoms with Gasteiger partial charge in [0.05, 0.1) is 5.41 Å². The molecule has 7 heteroatoms. The zero-order valence-corrected chi connectivity index (χ0v) is 21.6. The Morgan fingerprint density at radius 3 is 2.43 bits per heavy atom. The summed E-state index contributed by atoms with van der Waals surface area (Å²) in [6.07, 6.45) is 2.51. The highest BCUT2D eigenvalue weighted by Crippen LogP contribution is 2.51. The number of hydrogen-bond donors (Lipinski definition) is 2. The molecule has 0 atom stereocenters. The van der Waals surface area contributed by atoms with Crippen LogP contribution in [-0.4, -0.2) is 50.7 Å². The number of benzene rings is 3. The van der Waals surface area contributed by atoms with Crippen molar-refractivity contribution < 1.29 is 19.1 Å². The fourth-order valence-corrected chi connectivity index (χ4v) is 4.73. The summed E-state index contributed by atoms with van der Waals surface area (Å²) >= 11 is 0. The first-order valence-corrected chi connectivity index (χ1v) is 12.7. The van der Waals surface area contributed by atoms with Crippen LogP contribution in [0.3, 0.4) is 0 Å². The van der Waals surface area contributed by atoms with Crippen molar-refractivity contribution in [3.8, 4) is 22.6 Å². The molecule has 0 unspecified atom stereocenters. The lowest BCUT2D eigenvalue weighted by Gasteiger charge is -2.17. The highest BCUT2D eigenvalue weighted by molar-refractivity contribution is 6.02. The maximum Gasteiger partial charge on any atom is 0.251 e. The van der Waals surface area contributed by atoms with Crippen molar-refractivity contribution in [3.63, 3.8) is 0 Å². The number of nitrogens with zero attached hydrogens (tertiary/aromatic N) is 1. The molecule has 192 valence electrons. The summed E-state index contributed by atoms with van der Waals surface area (Å²) < 4.78 is 10.9. The van der Waals surface area contributed by atoms with Gasteiger partial charge >= 0.3 is 0 Å². The van der Waals surface area contributed by atoms with Gasteiger partial charge in [0.15, 0.2) is 11.5 Å². The van der Waals surface area contributed by atoms with E-state index in [-0.39, 0.29) is 18.6 Å². The number of ether oxygens (including phenoxy) is 2. The maximum absolute atomic E-state index is 13.4. The maximum atomic E-state index is 13.4. The van der Waals surface area contributed by atoms with Crippen LogP contribution in [0.15, 0.2) is 60.7 Å². The van der Waals surface area contributed by atoms with E-state index in [1.807, 2.05) is 81.7 Å². The van der Waals surface area contributed by atoms with E-state index >= 15 is 0 Å². The molecule has 2 N–H and O–H groups in total. The van der Waals surface area contributed by atoms with E-state index < -0.39 is 5.41 Å². The smallest absolute Gasteiger partial charge is 0.251 e. The molecular formula is C30H33N3O4. The lowest BCUT2D eigenvalue weighted by Crippen LogP contribution is -2.27. The molecule has 0 spiro atoms. The minimum Gasteiger partial charge on any atom is -0.454 e. The van der Waals surface area contributed by atoms with Crippen LogP contribution in [0.5, 0.6) is 11.5 Å². The average Bonchev–Trinajstić information content (AvgIpc) is 3.58. The summed E-state index contributed by atoms with van der Waals surface area (Å²) in [5.74, 6) is 1.33. The second-order valence-corrected chi connectivity index (χ2v) is 10.1. The Bertz CT molecular complexity index is 1310. The molecule has 5 rings (SSSR count). The topological polar surface area (TPSA) is 79.9 Å². The van der Waals surface area contributed by atoms with Gasteiger partial charge < -0.3 is 25.0 Å². The van der Waals surface area contributed by atoms with Gasteiger partial charge in [-0.1, -0.05) is 24.3 Å². The first kappa shape index (κ1) is 24.8. The molecule has 7 nitrogen and oxygen atoms in total. The van der Waals surface area contributed by atoms with Gasteiger partial charge in [-0.15, -0.1) is 0 Å². The van der Waals surface area contributed by atoms with Gasteiger partial charge in [-0.2, -0.15) is 0 Å². The quantitative estimate of drug-likeness (QED) is 0.416. The number of aryl methyl sites for hydroxylation is 1. The van der Waals surface area contributed by atoms with Crippen molar-refractivity contribution >= 4 is 17.5 Å². The van der Waals surface area contributed by atoms with E-state index in [1.54, 1.807) is 0 Å². The number of amides is 2. The molecule has 1 aliphatic carbocycles. The number of carbonyl (C=O) groups is 2. The number of carbonyl (C=O) groups excluding carboxylic acids is 2. The Labute approximate surface area is 217 Å². The van der Waals surface area contributed by atoms with Crippen LogP contribution in [0.25, 0.3) is 11.1 Å². The van der Waals surface area contributed by atoms with Crippen LogP contribution in [-0.2, 0) is 10.2 Å². The van der Waals surface area contributed by atoms with Crippen LogP contribution >= 0.6 is 0 Å². The highest BCUT2D eigenvalue weighted by atomic mass is 16.7. The fraction of sp³-hybridized carbons (Fsp3) is 0.333. The monoisotopic (exact) mass is 499 g/mol. The predicted octanol–water partition coefficient (Wildman–Crippen LogP) is 4.74. The molecule has 37 heavy (non-hydrogen) atoms. The van der Waals surface area contributed by atoms with Gasteiger partial charge in [0.1, 0.15) is 0 Å². The number of hydrogen-bond acceptors (Lipinski definition) is 5. The normalized spacial score (nSPS) is 14.9. The molecule has 1 heterocycles. The van der Waals surface area contributed by atoms with E-state index in [2.05, 4.69) is 15.5 Å². The van der Waals surface area contributed by atoms with Crippen molar-refractivity contribution in [2.24, 2.45) is 0 Å². The number of nitrogens with one attached hydrogen (secondary N) is 2. The highest BCUT2D eigenvalue weighted by Gasteiger charge is 2.51. The second-order valence-electron chi connectivity index (χ2n) is 10.1. The molecule has 3 aromatic rings. The Kier molecular flexibility index (Phi) is 6.89. The average molecular weight is 500 g/mol. The van der Waals surface area contributed by atoms with Crippen molar-refractivity contribution in [1.29, 1.82) is 0 Å². The van der Waals surface area contributed by atoms with Crippen LogP contribution in [0, 0.1) is 6.92 Å². The standard InChI is InChI=1S/C30H33N3O4/c1-20-5-11-24(32-29(35)30(13-14-30)23-10-12-26-27(17-23)37-19-36-26)18-25(20)21-6-8-22(9-7-21)28(34)31-15-4-16-33(2)3/h5-12,17-18H,4,13-16,19H2,1-3H3,(H,31,34)(H,32,35). The molecule has 1 fully saturated rings. The second kappa shape index (κ2) is 10.3. The third-order valence-corrected chi connectivity index (χ3v) is 7.13. The summed E-state index contributed by atoms with van der Waals surface area (Å²) in [7, 11) is 4.04. The SMILES string of the molecule is Cc1ccc(NC(=O)C2(c3ccc4c(c3)OCO4)CC2)cc1-c1ccc(C(=O)NCCCN(C)C)cc1. The van der Waals surface area contributed by atoms with Crippen molar-refractivity contribution in [2.45, 2.75) is 31.6 Å². The Balaban J connectivity index is 1.27. The minimum atomic E-state index is -0.534. The summed E-state index contributed by atoms with van der Waals surface area (Å²) in [6.45, 7) is 3.84. The van der Waals surface area contributed by atoms with Gasteiger partial charge in [0.2, 0.25) is 12.7 Å². The van der Waals surface area contributed by atoms with Gasteiger partial charge in [0, 0.05) is 17.8 Å². The zero-order chi connectivity index (χ0) is 26.0. The lowest BCUT2D eigenvalue weighted by molar-refractivity contribution is -0.118. The zero-order valence-electron chi connectivity index (χ0n) is 21.6. The van der Waals surface area contributed by atoms with Crippen molar-refractivity contribution in [2.75, 3.05) is 39.3 Å². The lowest BCUT2D eigenvalue weighted by atomic mass is 9.94. The first-order chi connectivity index (χ1) is 17.9. The van der Waals surface area contributed by atoms with Crippen LogP contribution in [0.1, 0.15) is 40.7 Å². The first-order valence-electron chi connectivity index (χ1n) is 12.7. The molecule has 1 saturated carbocycles. The number of fused-ring (bicyclic) bond motifs is 1. The summed E-state index contributed by atoms with van der Waals surface area (Å²) in [4.78, 5) is 27.9. The largest absolute Gasteiger partial charge is 0.454 e. The van der Waals surface area contributed by atoms with Gasteiger partial charge in [-0.3, -0.25) is 9.59 Å². The predicted molar refractivity (Wildman–Crippen MR) is 144 cm³/mol. The molecule has 0 saturated heterocycles. The van der Waals surface area contributed by atoms with Gasteiger partial charge in [-0.25, -0.2) is 0 Å². The Morgan fingerprint density at radius 1 is 0.946 bits per heavy atom. The van der Waals surface area contributed by atoms with E-state index in [9.17, 15) is 9.59 Å². The molecule has 0 aromatic heterocycles. The van der Waals surface area contributed by atoms with Gasteiger partial charge in [0.25, 0.3) is 5.91 Å². The Morgan fingerprint density at radius 2 is 1.70 bits per heavy atom. The number of rotatable bonds is 9. The minimum absolute atomic E-state index is 0.0116. The Hall–Kier alpha value is -3.84. The summed E-state index contributed by atoms with van der Waals surface area (Å²) in [5, 5.41) is 6.11. The van der Waals surface area contributed by atoms with Crippen LogP contribution < -0.4 is 20.1 Å². The van der Waals surface area contributed by atoms with Gasteiger partial charge in [-0.05, 0) is 105 Å². The molecule has 3 aromatic carbocycles. The molecule has 0 bridgehead atoms. The molecule has 0 radical (unpaired) electrons. The molecule has 2 aliphatic rings. The van der Waals surface area contributed by atoms with E-state index in [1.165, 1.54) is 0 Å². The van der Waals surface area contributed by atoms with Crippen LogP contribution in [0.4, 0.5) is 5.69 Å².